The number of likely N-dealkylation sites (tertiary alicyclic amines) is 1. The van der Waals surface area contributed by atoms with Crippen LogP contribution in [0.4, 0.5) is 0 Å². The fourth-order valence-corrected chi connectivity index (χ4v) is 6.03. The van der Waals surface area contributed by atoms with Crippen LogP contribution in [-0.2, 0) is 24.3 Å². The molecule has 138 valence electrons. The fourth-order valence-electron chi connectivity index (χ4n) is 4.49. The number of β-lactam (4-membered cyclic amide) rings is 1. The molecule has 1 unspecified atom stereocenters. The van der Waals surface area contributed by atoms with E-state index in [-0.39, 0.29) is 29.3 Å². The second-order valence-electron chi connectivity index (χ2n) is 6.99. The van der Waals surface area contributed by atoms with Gasteiger partial charge < -0.3 is 14.4 Å². The van der Waals surface area contributed by atoms with Crippen molar-refractivity contribution >= 4 is 15.9 Å². The summed E-state index contributed by atoms with van der Waals surface area (Å²) in [5.41, 5.74) is -0.251. The SMILES string of the molecule is CCCS(=O)(=O)N1CCC(N2C(=O)C(OC)C23CCOCC3)CC1. The zero-order chi connectivity index (χ0) is 17.4. The van der Waals surface area contributed by atoms with Gasteiger partial charge in [0.1, 0.15) is 0 Å². The molecule has 7 nitrogen and oxygen atoms in total. The van der Waals surface area contributed by atoms with Crippen molar-refractivity contribution in [3.8, 4) is 0 Å². The molecule has 1 atom stereocenters. The van der Waals surface area contributed by atoms with E-state index in [0.717, 1.165) is 12.8 Å². The summed E-state index contributed by atoms with van der Waals surface area (Å²) in [6.45, 7) is 4.17. The van der Waals surface area contributed by atoms with Crippen LogP contribution in [0.2, 0.25) is 0 Å². The highest BCUT2D eigenvalue weighted by molar-refractivity contribution is 7.89. The van der Waals surface area contributed by atoms with Gasteiger partial charge in [0.2, 0.25) is 10.0 Å². The predicted octanol–water partition coefficient (Wildman–Crippen LogP) is 0.597. The quantitative estimate of drug-likeness (QED) is 0.671. The van der Waals surface area contributed by atoms with Gasteiger partial charge in [-0.05, 0) is 32.1 Å². The molecule has 1 spiro atoms. The third-order valence-electron chi connectivity index (χ3n) is 5.67. The van der Waals surface area contributed by atoms with Gasteiger partial charge >= 0.3 is 0 Å². The van der Waals surface area contributed by atoms with E-state index in [1.165, 1.54) is 0 Å². The van der Waals surface area contributed by atoms with Gasteiger partial charge in [0.25, 0.3) is 5.91 Å². The minimum absolute atomic E-state index is 0.0502. The van der Waals surface area contributed by atoms with Crippen molar-refractivity contribution in [2.75, 3.05) is 39.2 Å². The average Bonchev–Trinajstić information content (AvgIpc) is 2.56. The zero-order valence-electron chi connectivity index (χ0n) is 14.6. The summed E-state index contributed by atoms with van der Waals surface area (Å²) in [4.78, 5) is 14.6. The van der Waals surface area contributed by atoms with Crippen LogP contribution >= 0.6 is 0 Å². The van der Waals surface area contributed by atoms with Crippen LogP contribution in [0.1, 0.15) is 39.0 Å². The first-order valence-electron chi connectivity index (χ1n) is 8.88. The fraction of sp³-hybridized carbons (Fsp3) is 0.938. The maximum Gasteiger partial charge on any atom is 0.254 e. The van der Waals surface area contributed by atoms with Crippen molar-refractivity contribution < 1.29 is 22.7 Å². The monoisotopic (exact) mass is 360 g/mol. The Kier molecular flexibility index (Phi) is 5.20. The standard InChI is InChI=1S/C16H28N2O5S/c1-3-12-24(20,21)17-8-4-13(5-9-17)18-15(19)14(22-2)16(18)6-10-23-11-7-16/h13-14H,3-12H2,1-2H3. The predicted molar refractivity (Wildman–Crippen MR) is 89.1 cm³/mol. The molecule has 24 heavy (non-hydrogen) atoms. The molecular formula is C16H28N2O5S. The Morgan fingerprint density at radius 2 is 1.88 bits per heavy atom. The van der Waals surface area contributed by atoms with Gasteiger partial charge in [-0.25, -0.2) is 12.7 Å². The molecule has 1 amide bonds. The number of hydrogen-bond donors (Lipinski definition) is 0. The highest BCUT2D eigenvalue weighted by Gasteiger charge is 2.62. The Hall–Kier alpha value is -0.700. The van der Waals surface area contributed by atoms with Gasteiger partial charge in [0.15, 0.2) is 6.10 Å². The van der Waals surface area contributed by atoms with E-state index >= 15 is 0 Å². The van der Waals surface area contributed by atoms with E-state index in [9.17, 15) is 13.2 Å². The molecule has 0 aliphatic carbocycles. The first-order valence-corrected chi connectivity index (χ1v) is 10.5. The van der Waals surface area contributed by atoms with Crippen molar-refractivity contribution in [3.63, 3.8) is 0 Å². The molecule has 8 heteroatoms. The Bertz CT molecular complexity index is 565. The Labute approximate surface area is 144 Å². The summed E-state index contributed by atoms with van der Waals surface area (Å²) in [5.74, 6) is 0.252. The van der Waals surface area contributed by atoms with Crippen LogP contribution in [-0.4, -0.2) is 80.4 Å². The van der Waals surface area contributed by atoms with Gasteiger partial charge in [-0.1, -0.05) is 6.92 Å². The summed E-state index contributed by atoms with van der Waals surface area (Å²) in [6, 6.07) is 0.107. The maximum atomic E-state index is 12.6. The number of nitrogens with zero attached hydrogens (tertiary/aromatic N) is 2. The topological polar surface area (TPSA) is 76.2 Å². The van der Waals surface area contributed by atoms with E-state index in [2.05, 4.69) is 0 Å². The number of rotatable bonds is 5. The lowest BCUT2D eigenvalue weighted by atomic mass is 9.72. The van der Waals surface area contributed by atoms with Crippen LogP contribution in [0.25, 0.3) is 0 Å². The van der Waals surface area contributed by atoms with Gasteiger partial charge in [-0.15, -0.1) is 0 Å². The maximum absolute atomic E-state index is 12.6. The molecular weight excluding hydrogens is 332 g/mol. The van der Waals surface area contributed by atoms with Gasteiger partial charge in [-0.3, -0.25) is 4.79 Å². The molecule has 3 saturated heterocycles. The van der Waals surface area contributed by atoms with Gasteiger partial charge in [0, 0.05) is 39.5 Å². The second kappa shape index (κ2) is 6.90. The van der Waals surface area contributed by atoms with Crippen molar-refractivity contribution in [2.45, 2.75) is 56.7 Å². The lowest BCUT2D eigenvalue weighted by Crippen LogP contribution is -2.79. The zero-order valence-corrected chi connectivity index (χ0v) is 15.4. The average molecular weight is 360 g/mol. The Morgan fingerprint density at radius 1 is 1.25 bits per heavy atom. The number of carbonyl (C=O) groups excluding carboxylic acids is 1. The van der Waals surface area contributed by atoms with E-state index in [1.807, 2.05) is 11.8 Å². The van der Waals surface area contributed by atoms with Crippen molar-refractivity contribution in [1.29, 1.82) is 0 Å². The molecule has 0 aromatic rings. The molecule has 0 bridgehead atoms. The summed E-state index contributed by atoms with van der Waals surface area (Å²) in [5, 5.41) is 0. The van der Waals surface area contributed by atoms with Crippen LogP contribution in [0.15, 0.2) is 0 Å². The molecule has 0 radical (unpaired) electrons. The molecule has 3 fully saturated rings. The highest BCUT2D eigenvalue weighted by Crippen LogP contribution is 2.45. The number of ether oxygens (including phenoxy) is 2. The number of methoxy groups -OCH3 is 1. The molecule has 3 rings (SSSR count). The van der Waals surface area contributed by atoms with Crippen LogP contribution in [0, 0.1) is 0 Å². The lowest BCUT2D eigenvalue weighted by molar-refractivity contribution is -0.213. The Balaban J connectivity index is 1.68. The first kappa shape index (κ1) is 18.1. The van der Waals surface area contributed by atoms with Gasteiger partial charge in [-0.2, -0.15) is 0 Å². The largest absolute Gasteiger partial charge is 0.381 e. The number of piperidine rings is 1. The summed E-state index contributed by atoms with van der Waals surface area (Å²) in [7, 11) is -1.55. The van der Waals surface area contributed by atoms with Crippen molar-refractivity contribution in [3.05, 3.63) is 0 Å². The Morgan fingerprint density at radius 3 is 2.42 bits per heavy atom. The summed E-state index contributed by atoms with van der Waals surface area (Å²) >= 11 is 0. The highest BCUT2D eigenvalue weighted by atomic mass is 32.2. The number of carbonyl (C=O) groups is 1. The summed E-state index contributed by atoms with van der Waals surface area (Å²) in [6.07, 6.45) is 3.26. The van der Waals surface area contributed by atoms with Crippen molar-refractivity contribution in [1.82, 2.24) is 9.21 Å². The molecule has 0 aromatic carbocycles. The number of amides is 1. The summed E-state index contributed by atoms with van der Waals surface area (Å²) < 4.78 is 36.9. The normalized spacial score (nSPS) is 29.0. The van der Waals surface area contributed by atoms with E-state index in [0.29, 0.717) is 45.6 Å². The number of sulfonamides is 1. The molecule has 3 heterocycles. The van der Waals surface area contributed by atoms with Crippen LogP contribution < -0.4 is 0 Å². The first-order chi connectivity index (χ1) is 11.5. The molecule has 3 aliphatic heterocycles. The minimum atomic E-state index is -3.15. The van der Waals surface area contributed by atoms with E-state index in [4.69, 9.17) is 9.47 Å². The molecule has 0 aromatic heterocycles. The third-order valence-corrected chi connectivity index (χ3v) is 7.74. The van der Waals surface area contributed by atoms with E-state index in [1.54, 1.807) is 11.4 Å². The molecule has 0 saturated carbocycles. The third kappa shape index (κ3) is 2.87. The van der Waals surface area contributed by atoms with Crippen LogP contribution in [0.3, 0.4) is 0 Å². The van der Waals surface area contributed by atoms with Gasteiger partial charge in [0.05, 0.1) is 11.3 Å². The van der Waals surface area contributed by atoms with E-state index < -0.39 is 10.0 Å². The minimum Gasteiger partial charge on any atom is -0.381 e. The molecule has 3 aliphatic rings. The number of hydrogen-bond acceptors (Lipinski definition) is 5. The smallest absolute Gasteiger partial charge is 0.254 e. The lowest BCUT2D eigenvalue weighted by Gasteiger charge is -2.61. The second-order valence-corrected chi connectivity index (χ2v) is 9.07. The van der Waals surface area contributed by atoms with Crippen LogP contribution in [0.5, 0.6) is 0 Å². The van der Waals surface area contributed by atoms with Crippen molar-refractivity contribution in [2.24, 2.45) is 0 Å². The molecule has 0 N–H and O–H groups in total.